The van der Waals surface area contributed by atoms with E-state index in [1.807, 2.05) is 30.3 Å². The van der Waals surface area contributed by atoms with E-state index in [1.54, 1.807) is 18.7 Å². The van der Waals surface area contributed by atoms with E-state index in [0.29, 0.717) is 17.0 Å². The number of aliphatic hydroxyl groups excluding tert-OH is 1. The molecule has 1 aromatic heterocycles. The van der Waals surface area contributed by atoms with Crippen LogP contribution in [0.4, 0.5) is 5.00 Å². The molecule has 26 heavy (non-hydrogen) atoms. The molecule has 1 heterocycles. The number of benzene rings is 1. The molecular formula is C19H21NO4S2. The second kappa shape index (κ2) is 8.24. The zero-order valence-corrected chi connectivity index (χ0v) is 16.3. The van der Waals surface area contributed by atoms with Crippen molar-refractivity contribution in [1.29, 1.82) is 0 Å². The predicted molar refractivity (Wildman–Crippen MR) is 104 cm³/mol. The van der Waals surface area contributed by atoms with Crippen LogP contribution in [-0.4, -0.2) is 28.8 Å². The third kappa shape index (κ3) is 3.95. The van der Waals surface area contributed by atoms with Crippen molar-refractivity contribution >= 4 is 40.0 Å². The highest BCUT2D eigenvalue weighted by Gasteiger charge is 2.36. The topological polar surface area (TPSA) is 75.6 Å². The Labute approximate surface area is 160 Å². The number of aliphatic hydroxyl groups is 1. The van der Waals surface area contributed by atoms with Gasteiger partial charge in [-0.25, -0.2) is 4.79 Å². The van der Waals surface area contributed by atoms with E-state index < -0.39 is 12.1 Å². The predicted octanol–water partition coefficient (Wildman–Crippen LogP) is 4.02. The third-order valence-electron chi connectivity index (χ3n) is 4.14. The van der Waals surface area contributed by atoms with Gasteiger partial charge in [0.05, 0.1) is 12.2 Å². The molecular weight excluding hydrogens is 370 g/mol. The van der Waals surface area contributed by atoms with Crippen molar-refractivity contribution in [3.05, 3.63) is 46.3 Å². The highest BCUT2D eigenvalue weighted by Crippen LogP contribution is 2.47. The lowest BCUT2D eigenvalue weighted by molar-refractivity contribution is -0.114. The quantitative estimate of drug-likeness (QED) is 0.753. The molecule has 0 fully saturated rings. The first kappa shape index (κ1) is 18.9. The fraction of sp³-hybridized carbons (Fsp3) is 0.368. The average Bonchev–Trinajstić information content (AvgIpc) is 2.97. The molecule has 0 saturated heterocycles. The smallest absolute Gasteiger partial charge is 0.341 e. The van der Waals surface area contributed by atoms with Crippen LogP contribution in [0.25, 0.3) is 0 Å². The minimum Gasteiger partial charge on any atom is -0.462 e. The first-order chi connectivity index (χ1) is 12.5. The number of carbonyl (C=O) groups excluding carboxylic acids is 2. The molecule has 1 amide bonds. The molecule has 1 aliphatic rings. The van der Waals surface area contributed by atoms with Crippen molar-refractivity contribution in [1.82, 2.24) is 0 Å². The molecule has 0 saturated carbocycles. The van der Waals surface area contributed by atoms with Crippen LogP contribution in [0.15, 0.2) is 35.2 Å². The van der Waals surface area contributed by atoms with Crippen LogP contribution in [0.2, 0.25) is 0 Å². The molecule has 0 spiro atoms. The molecule has 2 aromatic rings. The second-order valence-corrected chi connectivity index (χ2v) is 8.37. The number of ether oxygens (including phenoxy) is 1. The molecule has 1 aromatic carbocycles. The van der Waals surface area contributed by atoms with Crippen molar-refractivity contribution < 1.29 is 19.4 Å². The Kier molecular flexibility index (Phi) is 6.01. The molecule has 2 N–H and O–H groups in total. The van der Waals surface area contributed by atoms with E-state index in [4.69, 9.17) is 4.74 Å². The Bertz CT molecular complexity index is 803. The number of amides is 1. The number of carbonyl (C=O) groups is 2. The number of hydrogen-bond acceptors (Lipinski definition) is 6. The summed E-state index contributed by atoms with van der Waals surface area (Å²) in [6, 6.07) is 9.95. The van der Waals surface area contributed by atoms with Gasteiger partial charge in [0, 0.05) is 21.9 Å². The first-order valence-corrected chi connectivity index (χ1v) is 10.2. The fourth-order valence-electron chi connectivity index (χ4n) is 3.05. The minimum absolute atomic E-state index is 0.00349. The van der Waals surface area contributed by atoms with E-state index in [9.17, 15) is 14.7 Å². The average molecular weight is 392 g/mol. The van der Waals surface area contributed by atoms with Gasteiger partial charge in [0.2, 0.25) is 5.91 Å². The van der Waals surface area contributed by atoms with Gasteiger partial charge in [0.25, 0.3) is 0 Å². The summed E-state index contributed by atoms with van der Waals surface area (Å²) in [6.07, 6.45) is 0.724. The number of thioether (sulfide) groups is 1. The van der Waals surface area contributed by atoms with Crippen LogP contribution < -0.4 is 5.32 Å². The second-order valence-electron chi connectivity index (χ2n) is 6.00. The van der Waals surface area contributed by atoms with Crippen LogP contribution in [0.5, 0.6) is 0 Å². The molecule has 0 radical (unpaired) electrons. The maximum Gasteiger partial charge on any atom is 0.341 e. The molecule has 7 heteroatoms. The van der Waals surface area contributed by atoms with Gasteiger partial charge in [-0.1, -0.05) is 18.2 Å². The van der Waals surface area contributed by atoms with Gasteiger partial charge in [-0.3, -0.25) is 4.79 Å². The summed E-state index contributed by atoms with van der Waals surface area (Å²) in [6.45, 7) is 3.41. The first-order valence-electron chi connectivity index (χ1n) is 8.51. The lowest BCUT2D eigenvalue weighted by atomic mass is 9.93. The van der Waals surface area contributed by atoms with Crippen LogP contribution in [-0.2, 0) is 16.0 Å². The largest absolute Gasteiger partial charge is 0.462 e. The Morgan fingerprint density at radius 1 is 1.35 bits per heavy atom. The summed E-state index contributed by atoms with van der Waals surface area (Å²) in [7, 11) is 0. The minimum atomic E-state index is -0.690. The van der Waals surface area contributed by atoms with E-state index in [0.717, 1.165) is 21.8 Å². The highest BCUT2D eigenvalue weighted by atomic mass is 32.2. The summed E-state index contributed by atoms with van der Waals surface area (Å²) in [5.74, 6) is -0.700. The lowest BCUT2D eigenvalue weighted by Crippen LogP contribution is -2.22. The molecule has 0 unspecified atom stereocenters. The van der Waals surface area contributed by atoms with Gasteiger partial charge in [-0.15, -0.1) is 23.1 Å². The zero-order valence-electron chi connectivity index (χ0n) is 14.7. The van der Waals surface area contributed by atoms with Gasteiger partial charge in [0.1, 0.15) is 11.1 Å². The summed E-state index contributed by atoms with van der Waals surface area (Å²) in [5, 5.41) is 14.1. The van der Waals surface area contributed by atoms with Gasteiger partial charge >= 0.3 is 5.97 Å². The molecule has 3 rings (SSSR count). The molecule has 5 nitrogen and oxygen atoms in total. The maximum absolute atomic E-state index is 12.4. The van der Waals surface area contributed by atoms with E-state index in [1.165, 1.54) is 18.3 Å². The maximum atomic E-state index is 12.4. The van der Waals surface area contributed by atoms with Crippen molar-refractivity contribution in [3.8, 4) is 0 Å². The zero-order chi connectivity index (χ0) is 18.7. The number of thiophene rings is 1. The van der Waals surface area contributed by atoms with Crippen LogP contribution in [0.1, 0.15) is 47.2 Å². The van der Waals surface area contributed by atoms with Crippen molar-refractivity contribution in [2.45, 2.75) is 42.9 Å². The number of rotatable bonds is 5. The van der Waals surface area contributed by atoms with Gasteiger partial charge in [0.15, 0.2) is 0 Å². The molecule has 0 bridgehead atoms. The van der Waals surface area contributed by atoms with E-state index >= 15 is 0 Å². The standard InChI is InChI=1S/C19H21NO4S2/c1-3-24-19(23)15-13-9-10-14(25-12-7-5-4-6-8-12)16(22)17(13)26-18(15)20-11(2)21/h4-8,14,16,22H,3,9-10H2,1-2H3,(H,20,21)/t14-,16+/m0/s1. The number of esters is 1. The number of hydrogen-bond donors (Lipinski definition) is 2. The van der Waals surface area contributed by atoms with E-state index in [2.05, 4.69) is 5.32 Å². The molecule has 0 aliphatic heterocycles. The van der Waals surface area contributed by atoms with Crippen LogP contribution in [0.3, 0.4) is 0 Å². The Morgan fingerprint density at radius 3 is 2.73 bits per heavy atom. The Hall–Kier alpha value is -1.83. The van der Waals surface area contributed by atoms with Crippen molar-refractivity contribution in [3.63, 3.8) is 0 Å². The van der Waals surface area contributed by atoms with Gasteiger partial charge < -0.3 is 15.2 Å². The van der Waals surface area contributed by atoms with Crippen molar-refractivity contribution in [2.75, 3.05) is 11.9 Å². The summed E-state index contributed by atoms with van der Waals surface area (Å²) >= 11 is 2.91. The van der Waals surface area contributed by atoms with Crippen molar-refractivity contribution in [2.24, 2.45) is 0 Å². The van der Waals surface area contributed by atoms with Crippen LogP contribution in [0, 0.1) is 0 Å². The van der Waals surface area contributed by atoms with Gasteiger partial charge in [-0.05, 0) is 37.5 Å². The summed E-state index contributed by atoms with van der Waals surface area (Å²) in [4.78, 5) is 25.8. The normalized spacial score (nSPS) is 18.9. The molecule has 138 valence electrons. The Morgan fingerprint density at radius 2 is 2.08 bits per heavy atom. The number of fused-ring (bicyclic) bond motifs is 1. The van der Waals surface area contributed by atoms with Crippen LogP contribution >= 0.6 is 23.1 Å². The van der Waals surface area contributed by atoms with E-state index in [-0.39, 0.29) is 17.8 Å². The molecule has 1 aliphatic carbocycles. The number of nitrogens with one attached hydrogen (secondary N) is 1. The molecule has 2 atom stereocenters. The monoisotopic (exact) mass is 391 g/mol. The highest BCUT2D eigenvalue weighted by molar-refractivity contribution is 8.00. The van der Waals surface area contributed by atoms with Gasteiger partial charge in [-0.2, -0.15) is 0 Å². The third-order valence-corrected chi connectivity index (χ3v) is 6.70. The summed E-state index contributed by atoms with van der Waals surface area (Å²) < 4.78 is 5.16. The Balaban J connectivity index is 1.91. The SMILES string of the molecule is CCOC(=O)c1c(NC(C)=O)sc2c1CC[C@H](Sc1ccccc1)[C@H]2O. The fourth-order valence-corrected chi connectivity index (χ4v) is 5.63. The lowest BCUT2D eigenvalue weighted by Gasteiger charge is -2.27. The summed E-state index contributed by atoms with van der Waals surface area (Å²) in [5.41, 5.74) is 1.19. The number of anilines is 1.